The van der Waals surface area contributed by atoms with Gasteiger partial charge in [0.05, 0.1) is 19.0 Å². The molecule has 0 aliphatic carbocycles. The Bertz CT molecular complexity index is 537. The smallest absolute Gasteiger partial charge is 0.466 e. The Hall–Kier alpha value is -0.0400. The second-order valence-corrected chi connectivity index (χ2v) is 6.76. The molecule has 0 spiro atoms. The molecule has 0 aromatic heterocycles. The summed E-state index contributed by atoms with van der Waals surface area (Å²) in [6, 6.07) is 0. The van der Waals surface area contributed by atoms with E-state index in [4.69, 9.17) is 0 Å². The van der Waals surface area contributed by atoms with E-state index in [-0.39, 0.29) is 53.3 Å². The number of hydrogen-bond acceptors (Lipinski definition) is 4. The topological polar surface area (TPSA) is 63.7 Å². The van der Waals surface area contributed by atoms with Gasteiger partial charge in [0.1, 0.15) is 0 Å². The maximum atomic E-state index is 13.4. The molecular weight excluding hydrogens is 379 g/mol. The van der Waals surface area contributed by atoms with Gasteiger partial charge >= 0.3 is 40.8 Å². The summed E-state index contributed by atoms with van der Waals surface area (Å²) < 4.78 is 104. The molecule has 136 valence electrons. The average Bonchev–Trinajstić information content (AvgIpc) is 2.47. The molecule has 0 saturated carbocycles. The minimum atomic E-state index is -6.11. The number of rotatable bonds is 6. The fourth-order valence-corrected chi connectivity index (χ4v) is 3.44. The first-order valence-electron chi connectivity index (χ1n) is 6.50. The van der Waals surface area contributed by atoms with Crippen molar-refractivity contribution in [2.75, 3.05) is 19.7 Å². The molecule has 13 heteroatoms. The molecule has 0 amide bonds. The van der Waals surface area contributed by atoms with E-state index in [0.717, 1.165) is 0 Å². The molecule has 1 aliphatic heterocycles. The van der Waals surface area contributed by atoms with Crippen LogP contribution in [0.5, 0.6) is 0 Å². The van der Waals surface area contributed by atoms with Crippen molar-refractivity contribution in [2.24, 2.45) is 5.92 Å². The third kappa shape index (κ3) is 4.37. The van der Waals surface area contributed by atoms with Crippen molar-refractivity contribution in [1.29, 1.82) is 0 Å². The van der Waals surface area contributed by atoms with Crippen LogP contribution < -0.4 is 29.6 Å². The first-order chi connectivity index (χ1) is 10.4. The van der Waals surface area contributed by atoms with Crippen molar-refractivity contribution >= 4 is 16.0 Å². The first-order valence-corrected chi connectivity index (χ1v) is 7.94. The molecule has 1 heterocycles. The molecular formula is C11H14F6NNaO4S. The summed E-state index contributed by atoms with van der Waals surface area (Å²) >= 11 is 0. The van der Waals surface area contributed by atoms with Crippen LogP contribution in [0.1, 0.15) is 19.8 Å². The monoisotopic (exact) mass is 393 g/mol. The van der Waals surface area contributed by atoms with Gasteiger partial charge in [0, 0.05) is 13.1 Å². The van der Waals surface area contributed by atoms with Crippen molar-refractivity contribution in [3.8, 4) is 0 Å². The zero-order valence-electron chi connectivity index (χ0n) is 12.9. The molecule has 0 N–H and O–H groups in total. The van der Waals surface area contributed by atoms with Crippen LogP contribution in [0.25, 0.3) is 0 Å². The largest absolute Gasteiger partial charge is 1.00 e. The van der Waals surface area contributed by atoms with Crippen LogP contribution >= 0.6 is 0 Å². The average molecular weight is 393 g/mol. The maximum absolute atomic E-state index is 13.4. The van der Waals surface area contributed by atoms with Crippen molar-refractivity contribution in [1.82, 2.24) is 4.31 Å². The number of ether oxygens (including phenoxy) is 1. The number of esters is 1. The third-order valence-corrected chi connectivity index (χ3v) is 5.29. The van der Waals surface area contributed by atoms with E-state index >= 15 is 0 Å². The molecule has 0 aromatic carbocycles. The molecule has 1 aliphatic rings. The summed E-state index contributed by atoms with van der Waals surface area (Å²) in [5.74, 6) is -7.53. The van der Waals surface area contributed by atoms with Crippen LogP contribution in [-0.2, 0) is 19.6 Å². The van der Waals surface area contributed by atoms with E-state index in [1.165, 1.54) is 6.92 Å². The van der Waals surface area contributed by atoms with Crippen LogP contribution in [-0.4, -0.2) is 49.6 Å². The quantitative estimate of drug-likeness (QED) is 0.258. The number of carbonyl (C=O) groups excluding carboxylic acids is 1. The molecule has 0 radical (unpaired) electrons. The summed E-state index contributed by atoms with van der Waals surface area (Å²) in [4.78, 5) is 11.4. The fourth-order valence-electron chi connectivity index (χ4n) is 2.03. The van der Waals surface area contributed by atoms with Gasteiger partial charge in [0.15, 0.2) is 0 Å². The molecule has 0 atom stereocenters. The maximum Gasteiger partial charge on any atom is 1.00 e. The number of piperidine rings is 1. The summed E-state index contributed by atoms with van der Waals surface area (Å²) in [5, 5.41) is -5.99. The Balaban J connectivity index is 0.00000529. The normalized spacial score (nSPS) is 18.3. The standard InChI is InChI=1S/C11H14F6NO4S.Na/c1-2-22-8(19)7-3-5-18(6-4-7)23(20,21)11(16,17)10(14,15)9(12)13;/h7H,2-6H2,1H3;/q-1;+1. The van der Waals surface area contributed by atoms with Crippen LogP contribution in [0.3, 0.4) is 0 Å². The molecule has 1 fully saturated rings. The van der Waals surface area contributed by atoms with Gasteiger partial charge in [-0.25, -0.2) is 17.2 Å². The van der Waals surface area contributed by atoms with Gasteiger partial charge in [0.25, 0.3) is 15.9 Å². The van der Waals surface area contributed by atoms with Gasteiger partial charge in [-0.3, -0.25) is 4.79 Å². The molecule has 1 rings (SSSR count). The predicted molar refractivity (Wildman–Crippen MR) is 65.2 cm³/mol. The zero-order valence-corrected chi connectivity index (χ0v) is 15.7. The SMILES string of the molecule is CCOC(=O)C1CCN(S(=O)(=O)C(F)(F)C(F)(F)[C-](F)F)CC1.[Na+]. The predicted octanol–water partition coefficient (Wildman–Crippen LogP) is -0.748. The van der Waals surface area contributed by atoms with Crippen molar-refractivity contribution in [2.45, 2.75) is 30.9 Å². The van der Waals surface area contributed by atoms with Gasteiger partial charge in [0.2, 0.25) is 0 Å². The summed E-state index contributed by atoms with van der Waals surface area (Å²) in [6.45, 7) is 0.242. The zero-order chi connectivity index (χ0) is 18.1. The minimum absolute atomic E-state index is 0. The number of sulfonamides is 1. The van der Waals surface area contributed by atoms with Crippen LogP contribution in [0.4, 0.5) is 26.3 Å². The molecule has 0 unspecified atom stereocenters. The van der Waals surface area contributed by atoms with E-state index < -0.39 is 52.6 Å². The van der Waals surface area contributed by atoms with Gasteiger partial charge in [-0.05, 0) is 19.8 Å². The Morgan fingerprint density at radius 3 is 2.04 bits per heavy atom. The Labute approximate surface area is 157 Å². The van der Waals surface area contributed by atoms with Gasteiger partial charge < -0.3 is 13.5 Å². The van der Waals surface area contributed by atoms with Crippen molar-refractivity contribution in [3.63, 3.8) is 0 Å². The van der Waals surface area contributed by atoms with Gasteiger partial charge in [-0.1, -0.05) is 0 Å². The van der Waals surface area contributed by atoms with Crippen LogP contribution in [0, 0.1) is 12.3 Å². The number of alkyl halides is 4. The summed E-state index contributed by atoms with van der Waals surface area (Å²) in [6.07, 6.45) is -4.46. The van der Waals surface area contributed by atoms with Crippen molar-refractivity contribution < 1.29 is 73.8 Å². The van der Waals surface area contributed by atoms with E-state index in [1.807, 2.05) is 0 Å². The minimum Gasteiger partial charge on any atom is -0.466 e. The molecule has 0 aromatic rings. The summed E-state index contributed by atoms with van der Waals surface area (Å²) in [7, 11) is -6.03. The van der Waals surface area contributed by atoms with E-state index in [1.54, 1.807) is 0 Å². The van der Waals surface area contributed by atoms with Gasteiger partial charge in [-0.15, -0.1) is 0 Å². The van der Waals surface area contributed by atoms with E-state index in [0.29, 0.717) is 0 Å². The van der Waals surface area contributed by atoms with Gasteiger partial charge in [-0.2, -0.15) is 13.1 Å². The Morgan fingerprint density at radius 1 is 1.21 bits per heavy atom. The number of nitrogens with zero attached hydrogens (tertiary/aromatic N) is 1. The summed E-state index contributed by atoms with van der Waals surface area (Å²) in [5.41, 5.74) is 0. The van der Waals surface area contributed by atoms with Crippen molar-refractivity contribution in [3.05, 3.63) is 6.43 Å². The second kappa shape index (κ2) is 8.56. The number of hydrogen-bond donors (Lipinski definition) is 0. The van der Waals surface area contributed by atoms with E-state index in [2.05, 4.69) is 4.74 Å². The van der Waals surface area contributed by atoms with Crippen LogP contribution in [0.15, 0.2) is 0 Å². The number of carbonyl (C=O) groups is 1. The second-order valence-electron chi connectivity index (χ2n) is 4.78. The third-order valence-electron chi connectivity index (χ3n) is 3.34. The Morgan fingerprint density at radius 2 is 1.67 bits per heavy atom. The van der Waals surface area contributed by atoms with E-state index in [9.17, 15) is 39.6 Å². The molecule has 5 nitrogen and oxygen atoms in total. The molecule has 1 saturated heterocycles. The molecule has 24 heavy (non-hydrogen) atoms. The Kier molecular flexibility index (Phi) is 8.55. The first kappa shape index (κ1) is 24.0. The fraction of sp³-hybridized carbons (Fsp3) is 0.818. The van der Waals surface area contributed by atoms with Crippen LogP contribution in [0.2, 0.25) is 0 Å². The molecule has 0 bridgehead atoms. The number of halogens is 6.